The summed E-state index contributed by atoms with van der Waals surface area (Å²) in [5, 5.41) is 0. The molecule has 0 aliphatic heterocycles. The van der Waals surface area contributed by atoms with Crippen LogP contribution in [0.2, 0.25) is 0 Å². The van der Waals surface area contributed by atoms with Crippen LogP contribution in [0.3, 0.4) is 0 Å². The van der Waals surface area contributed by atoms with Crippen molar-refractivity contribution in [1.82, 2.24) is 0 Å². The second-order valence-electron chi connectivity index (χ2n) is 5.03. The van der Waals surface area contributed by atoms with Crippen LogP contribution < -0.4 is 0 Å². The van der Waals surface area contributed by atoms with Gasteiger partial charge in [-0.15, -0.1) is 0 Å². The van der Waals surface area contributed by atoms with Gasteiger partial charge in [0.2, 0.25) is 0 Å². The van der Waals surface area contributed by atoms with Crippen molar-refractivity contribution in [2.24, 2.45) is 17.3 Å². The fraction of sp³-hybridized carbons (Fsp3) is 0.750. The topological polar surface area (TPSA) is 26.3 Å². The zero-order chi connectivity index (χ0) is 10.8. The standard InChI is InChI=1S/C12H20O2/c1-12(2,3)10-8-6-5-7-9(10)11(13)14-4/h6,8-10H,5,7H2,1-4H3. The van der Waals surface area contributed by atoms with Crippen molar-refractivity contribution in [2.75, 3.05) is 7.11 Å². The number of allylic oxidation sites excluding steroid dienone is 2. The number of rotatable bonds is 1. The Morgan fingerprint density at radius 1 is 1.43 bits per heavy atom. The van der Waals surface area contributed by atoms with E-state index in [-0.39, 0.29) is 17.3 Å². The number of hydrogen-bond acceptors (Lipinski definition) is 2. The van der Waals surface area contributed by atoms with Crippen molar-refractivity contribution in [3.05, 3.63) is 12.2 Å². The summed E-state index contributed by atoms with van der Waals surface area (Å²) in [6.07, 6.45) is 6.26. The van der Waals surface area contributed by atoms with E-state index in [0.29, 0.717) is 5.92 Å². The first-order valence-corrected chi connectivity index (χ1v) is 5.21. The van der Waals surface area contributed by atoms with E-state index < -0.39 is 0 Å². The molecule has 0 saturated heterocycles. The quantitative estimate of drug-likeness (QED) is 0.476. The number of carbonyl (C=O) groups is 1. The summed E-state index contributed by atoms with van der Waals surface area (Å²) in [4.78, 5) is 11.6. The Balaban J connectivity index is 2.83. The molecular weight excluding hydrogens is 176 g/mol. The molecule has 1 aliphatic carbocycles. The third kappa shape index (κ3) is 2.37. The fourth-order valence-electron chi connectivity index (χ4n) is 2.14. The zero-order valence-electron chi connectivity index (χ0n) is 9.54. The van der Waals surface area contributed by atoms with Crippen LogP contribution in [0.15, 0.2) is 12.2 Å². The van der Waals surface area contributed by atoms with Gasteiger partial charge < -0.3 is 4.74 Å². The summed E-state index contributed by atoms with van der Waals surface area (Å²) in [7, 11) is 1.47. The van der Waals surface area contributed by atoms with Crippen LogP contribution in [0, 0.1) is 17.3 Å². The van der Waals surface area contributed by atoms with Crippen LogP contribution in [0.5, 0.6) is 0 Å². The van der Waals surface area contributed by atoms with Crippen LogP contribution in [0.25, 0.3) is 0 Å². The van der Waals surface area contributed by atoms with Crippen molar-refractivity contribution in [2.45, 2.75) is 33.6 Å². The molecule has 0 aromatic rings. The second-order valence-corrected chi connectivity index (χ2v) is 5.03. The Hall–Kier alpha value is -0.790. The van der Waals surface area contributed by atoms with E-state index in [9.17, 15) is 4.79 Å². The molecule has 2 unspecified atom stereocenters. The molecule has 0 radical (unpaired) electrons. The maximum Gasteiger partial charge on any atom is 0.309 e. The summed E-state index contributed by atoms with van der Waals surface area (Å²) in [5.41, 5.74) is 0.135. The van der Waals surface area contributed by atoms with Gasteiger partial charge in [-0.1, -0.05) is 32.9 Å². The average Bonchev–Trinajstić information content (AvgIpc) is 2.15. The molecule has 0 heterocycles. The van der Waals surface area contributed by atoms with Crippen LogP contribution in [0.4, 0.5) is 0 Å². The molecule has 0 saturated carbocycles. The maximum atomic E-state index is 11.6. The molecule has 1 aliphatic rings. The predicted molar refractivity (Wildman–Crippen MR) is 56.8 cm³/mol. The van der Waals surface area contributed by atoms with Gasteiger partial charge >= 0.3 is 5.97 Å². The Kier molecular flexibility index (Phi) is 3.35. The van der Waals surface area contributed by atoms with Gasteiger partial charge in [-0.3, -0.25) is 4.79 Å². The van der Waals surface area contributed by atoms with Crippen molar-refractivity contribution in [3.8, 4) is 0 Å². The Labute approximate surface area is 86.3 Å². The van der Waals surface area contributed by atoms with Gasteiger partial charge in [0.1, 0.15) is 0 Å². The van der Waals surface area contributed by atoms with Gasteiger partial charge in [-0.05, 0) is 24.2 Å². The van der Waals surface area contributed by atoms with E-state index in [1.54, 1.807) is 0 Å². The number of ether oxygens (including phenoxy) is 1. The highest BCUT2D eigenvalue weighted by molar-refractivity contribution is 5.73. The van der Waals surface area contributed by atoms with Crippen molar-refractivity contribution in [1.29, 1.82) is 0 Å². The first kappa shape index (κ1) is 11.3. The molecule has 0 aromatic heterocycles. The molecule has 0 spiro atoms. The highest BCUT2D eigenvalue weighted by Crippen LogP contribution is 2.38. The maximum absolute atomic E-state index is 11.6. The Bertz CT molecular complexity index is 235. The summed E-state index contributed by atoms with van der Waals surface area (Å²) in [6, 6.07) is 0. The third-order valence-electron chi connectivity index (χ3n) is 2.93. The smallest absolute Gasteiger partial charge is 0.309 e. The number of carbonyl (C=O) groups excluding carboxylic acids is 1. The first-order valence-electron chi connectivity index (χ1n) is 5.21. The molecule has 0 bridgehead atoms. The lowest BCUT2D eigenvalue weighted by molar-refractivity contribution is -0.148. The van der Waals surface area contributed by atoms with Crippen LogP contribution in [0.1, 0.15) is 33.6 Å². The molecule has 0 aromatic carbocycles. The molecule has 1 rings (SSSR count). The van der Waals surface area contributed by atoms with E-state index in [1.807, 2.05) is 0 Å². The molecule has 0 amide bonds. The van der Waals surface area contributed by atoms with E-state index in [0.717, 1.165) is 12.8 Å². The second kappa shape index (κ2) is 4.16. The molecule has 2 heteroatoms. The normalized spacial score (nSPS) is 27.4. The van der Waals surface area contributed by atoms with Gasteiger partial charge in [-0.25, -0.2) is 0 Å². The minimum absolute atomic E-state index is 0.0463. The van der Waals surface area contributed by atoms with Gasteiger partial charge in [0.25, 0.3) is 0 Å². The van der Waals surface area contributed by atoms with Gasteiger partial charge in [0.15, 0.2) is 0 Å². The summed E-state index contributed by atoms with van der Waals surface area (Å²) in [6.45, 7) is 6.51. The lowest BCUT2D eigenvalue weighted by Crippen LogP contribution is -2.34. The van der Waals surface area contributed by atoms with E-state index in [2.05, 4.69) is 32.9 Å². The molecular formula is C12H20O2. The summed E-state index contributed by atoms with van der Waals surface area (Å²) < 4.78 is 4.84. The number of esters is 1. The van der Waals surface area contributed by atoms with Gasteiger partial charge in [0.05, 0.1) is 13.0 Å². The Morgan fingerprint density at radius 2 is 2.07 bits per heavy atom. The molecule has 2 nitrogen and oxygen atoms in total. The van der Waals surface area contributed by atoms with Crippen molar-refractivity contribution < 1.29 is 9.53 Å². The van der Waals surface area contributed by atoms with E-state index >= 15 is 0 Å². The van der Waals surface area contributed by atoms with Crippen molar-refractivity contribution in [3.63, 3.8) is 0 Å². The zero-order valence-corrected chi connectivity index (χ0v) is 9.54. The van der Waals surface area contributed by atoms with Gasteiger partial charge in [0, 0.05) is 0 Å². The minimum atomic E-state index is -0.0609. The highest BCUT2D eigenvalue weighted by atomic mass is 16.5. The summed E-state index contributed by atoms with van der Waals surface area (Å²) >= 11 is 0. The first-order chi connectivity index (χ1) is 6.46. The van der Waals surface area contributed by atoms with E-state index in [4.69, 9.17) is 4.74 Å². The molecule has 0 fully saturated rings. The minimum Gasteiger partial charge on any atom is -0.469 e. The fourth-order valence-corrected chi connectivity index (χ4v) is 2.14. The molecule has 80 valence electrons. The largest absolute Gasteiger partial charge is 0.469 e. The number of hydrogen-bond donors (Lipinski definition) is 0. The highest BCUT2D eigenvalue weighted by Gasteiger charge is 2.36. The molecule has 14 heavy (non-hydrogen) atoms. The molecule has 2 atom stereocenters. The summed E-state index contributed by atoms with van der Waals surface area (Å²) in [5.74, 6) is 0.294. The van der Waals surface area contributed by atoms with Crippen molar-refractivity contribution >= 4 is 5.97 Å². The number of methoxy groups -OCH3 is 1. The predicted octanol–water partition coefficient (Wildman–Crippen LogP) is 2.79. The monoisotopic (exact) mass is 196 g/mol. The van der Waals surface area contributed by atoms with Gasteiger partial charge in [-0.2, -0.15) is 0 Å². The third-order valence-corrected chi connectivity index (χ3v) is 2.93. The average molecular weight is 196 g/mol. The van der Waals surface area contributed by atoms with Crippen LogP contribution in [-0.4, -0.2) is 13.1 Å². The SMILES string of the molecule is COC(=O)C1CCC=CC1C(C)(C)C. The van der Waals surface area contributed by atoms with Crippen LogP contribution >= 0.6 is 0 Å². The lowest BCUT2D eigenvalue weighted by Gasteiger charge is -2.35. The lowest BCUT2D eigenvalue weighted by atomic mass is 9.69. The van der Waals surface area contributed by atoms with Crippen LogP contribution in [-0.2, 0) is 9.53 Å². The Morgan fingerprint density at radius 3 is 2.57 bits per heavy atom. The van der Waals surface area contributed by atoms with E-state index in [1.165, 1.54) is 7.11 Å². The molecule has 0 N–H and O–H groups in total.